The number of rotatable bonds is 4. The molecule has 0 N–H and O–H groups in total. The van der Waals surface area contributed by atoms with Crippen LogP contribution in [0.4, 0.5) is 25.2 Å². The number of pyridine rings is 1. The van der Waals surface area contributed by atoms with E-state index in [1.807, 2.05) is 24.3 Å². The summed E-state index contributed by atoms with van der Waals surface area (Å²) >= 11 is 0. The van der Waals surface area contributed by atoms with E-state index in [0.717, 1.165) is 13.0 Å². The van der Waals surface area contributed by atoms with Crippen LogP contribution >= 0.6 is 7.81 Å². The molecule has 1 aromatic heterocycles. The minimum atomic E-state index is -10.7. The predicted octanol–water partition coefficient (Wildman–Crippen LogP) is 5.27. The van der Waals surface area contributed by atoms with Crippen LogP contribution in [0.25, 0.3) is 0 Å². The van der Waals surface area contributed by atoms with E-state index in [0.29, 0.717) is 0 Å². The predicted molar refractivity (Wildman–Crippen MR) is 64.3 cm³/mol. The summed E-state index contributed by atoms with van der Waals surface area (Å²) in [4.78, 5) is 0. The zero-order chi connectivity index (χ0) is 15.2. The molecule has 0 saturated heterocycles. The van der Waals surface area contributed by atoms with Gasteiger partial charge in [-0.3, -0.25) is 0 Å². The molecule has 1 nitrogen and oxygen atoms in total. The maximum atomic E-state index is 9.87. The SMILES string of the molecule is C=CCc1cccc[n+]1CC=C.F[P-](F)(F)(F)(F)F. The zero-order valence-corrected chi connectivity index (χ0v) is 10.8. The number of halogens is 6. The first-order chi connectivity index (χ1) is 8.33. The van der Waals surface area contributed by atoms with Gasteiger partial charge >= 0.3 is 33.0 Å². The van der Waals surface area contributed by atoms with Gasteiger partial charge in [-0.15, -0.1) is 6.58 Å². The van der Waals surface area contributed by atoms with Crippen molar-refractivity contribution in [1.82, 2.24) is 0 Å². The number of nitrogens with zero attached hydrogens (tertiary/aromatic N) is 1. The van der Waals surface area contributed by atoms with Crippen LogP contribution < -0.4 is 4.57 Å². The summed E-state index contributed by atoms with van der Waals surface area (Å²) in [5, 5.41) is 0. The van der Waals surface area contributed by atoms with Gasteiger partial charge in [-0.2, -0.15) is 4.57 Å². The third-order valence-corrected chi connectivity index (χ3v) is 1.71. The van der Waals surface area contributed by atoms with Gasteiger partial charge in [0.05, 0.1) is 6.42 Å². The van der Waals surface area contributed by atoms with Gasteiger partial charge < -0.3 is 0 Å². The van der Waals surface area contributed by atoms with Gasteiger partial charge in [-0.05, 0) is 6.08 Å². The molecule has 0 spiro atoms. The Morgan fingerprint density at radius 1 is 1.00 bits per heavy atom. The van der Waals surface area contributed by atoms with Crippen LogP contribution in [-0.4, -0.2) is 0 Å². The van der Waals surface area contributed by atoms with Crippen molar-refractivity contribution >= 4 is 7.81 Å². The quantitative estimate of drug-likeness (QED) is 0.309. The van der Waals surface area contributed by atoms with Gasteiger partial charge in [0.1, 0.15) is 0 Å². The van der Waals surface area contributed by atoms with E-state index in [1.54, 1.807) is 0 Å². The van der Waals surface area contributed by atoms with Crippen LogP contribution in [0.1, 0.15) is 5.69 Å². The van der Waals surface area contributed by atoms with Gasteiger partial charge in [-0.1, -0.05) is 18.7 Å². The molecule has 0 aromatic carbocycles. The average Bonchev–Trinajstić information content (AvgIpc) is 2.17. The summed E-state index contributed by atoms with van der Waals surface area (Å²) in [6.45, 7) is 8.29. The van der Waals surface area contributed by atoms with Gasteiger partial charge in [0, 0.05) is 12.1 Å². The van der Waals surface area contributed by atoms with Crippen molar-refractivity contribution in [3.05, 3.63) is 55.4 Å². The van der Waals surface area contributed by atoms with E-state index in [9.17, 15) is 25.2 Å². The van der Waals surface area contributed by atoms with Crippen LogP contribution in [0.5, 0.6) is 0 Å². The van der Waals surface area contributed by atoms with Gasteiger partial charge in [0.25, 0.3) is 0 Å². The van der Waals surface area contributed by atoms with E-state index in [4.69, 9.17) is 0 Å². The van der Waals surface area contributed by atoms with Crippen molar-refractivity contribution in [2.45, 2.75) is 13.0 Å². The Morgan fingerprint density at radius 2 is 1.53 bits per heavy atom. The first kappa shape index (κ1) is 17.6. The van der Waals surface area contributed by atoms with Crippen molar-refractivity contribution in [1.29, 1.82) is 0 Å². The van der Waals surface area contributed by atoms with Crippen molar-refractivity contribution in [3.63, 3.8) is 0 Å². The van der Waals surface area contributed by atoms with E-state index in [1.165, 1.54) is 5.69 Å². The van der Waals surface area contributed by atoms with E-state index >= 15 is 0 Å². The minimum absolute atomic E-state index is 0.865. The Hall–Kier alpha value is -1.36. The Morgan fingerprint density at radius 3 is 1.95 bits per heavy atom. The molecule has 110 valence electrons. The maximum absolute atomic E-state index is 10.7. The standard InChI is InChI=1S/C11H14N.F6P/c1-3-7-11-8-5-6-10-12(11)9-4-2;1-7(2,3,4,5)6/h3-6,8,10H,1-2,7,9H2;/q+1;-1. The number of aromatic nitrogens is 1. The topological polar surface area (TPSA) is 3.88 Å². The average molecular weight is 305 g/mol. The summed E-state index contributed by atoms with van der Waals surface area (Å²) < 4.78 is 61.4. The molecule has 19 heavy (non-hydrogen) atoms. The molecular weight excluding hydrogens is 291 g/mol. The summed E-state index contributed by atoms with van der Waals surface area (Å²) in [7, 11) is -10.7. The van der Waals surface area contributed by atoms with Crippen LogP contribution in [0.15, 0.2) is 49.7 Å². The fourth-order valence-corrected chi connectivity index (χ4v) is 1.16. The van der Waals surface area contributed by atoms with Gasteiger partial charge in [0.2, 0.25) is 0 Å². The second-order valence-electron chi connectivity index (χ2n) is 3.58. The fourth-order valence-electron chi connectivity index (χ4n) is 1.16. The first-order valence-corrected chi connectivity index (χ1v) is 7.12. The van der Waals surface area contributed by atoms with Gasteiger partial charge in [-0.25, -0.2) is 0 Å². The Bertz CT molecular complexity index is 410. The molecular formula is C11H14F6NP. The van der Waals surface area contributed by atoms with Crippen LogP contribution in [0, 0.1) is 0 Å². The summed E-state index contributed by atoms with van der Waals surface area (Å²) in [5.74, 6) is 0. The second kappa shape index (κ2) is 5.33. The molecule has 0 aliphatic rings. The summed E-state index contributed by atoms with van der Waals surface area (Å²) in [6, 6.07) is 6.17. The van der Waals surface area contributed by atoms with Gasteiger partial charge in [0.15, 0.2) is 18.4 Å². The fraction of sp³-hybridized carbons (Fsp3) is 0.182. The van der Waals surface area contributed by atoms with Crippen molar-refractivity contribution < 1.29 is 29.7 Å². The molecule has 0 aliphatic heterocycles. The van der Waals surface area contributed by atoms with Crippen molar-refractivity contribution in [2.24, 2.45) is 0 Å². The monoisotopic (exact) mass is 305 g/mol. The molecule has 8 heteroatoms. The molecule has 0 aliphatic carbocycles. The molecule has 0 unspecified atom stereocenters. The Kier molecular flexibility index (Phi) is 4.95. The van der Waals surface area contributed by atoms with Crippen LogP contribution in [-0.2, 0) is 13.0 Å². The van der Waals surface area contributed by atoms with E-state index in [2.05, 4.69) is 30.0 Å². The number of allylic oxidation sites excluding steroid dienone is 2. The molecule has 0 fully saturated rings. The van der Waals surface area contributed by atoms with E-state index < -0.39 is 7.81 Å². The zero-order valence-electron chi connectivity index (χ0n) is 9.95. The van der Waals surface area contributed by atoms with Crippen LogP contribution in [0.2, 0.25) is 0 Å². The summed E-state index contributed by atoms with van der Waals surface area (Å²) in [6.07, 6.45) is 6.77. The second-order valence-corrected chi connectivity index (χ2v) is 5.50. The Balaban J connectivity index is 0.000000399. The normalized spacial score (nSPS) is 14.4. The number of hydrogen-bond acceptors (Lipinski definition) is 0. The third-order valence-electron chi connectivity index (χ3n) is 1.71. The van der Waals surface area contributed by atoms with E-state index in [-0.39, 0.29) is 0 Å². The molecule has 0 saturated carbocycles. The van der Waals surface area contributed by atoms with Crippen LogP contribution in [0.3, 0.4) is 0 Å². The number of hydrogen-bond donors (Lipinski definition) is 0. The molecule has 0 radical (unpaired) electrons. The summed E-state index contributed by atoms with van der Waals surface area (Å²) in [5.41, 5.74) is 1.27. The first-order valence-electron chi connectivity index (χ1n) is 5.09. The van der Waals surface area contributed by atoms with Crippen molar-refractivity contribution in [3.8, 4) is 0 Å². The molecule has 0 amide bonds. The Labute approximate surface area is 107 Å². The molecule has 1 aromatic rings. The molecule has 0 bridgehead atoms. The van der Waals surface area contributed by atoms with Crippen molar-refractivity contribution in [2.75, 3.05) is 0 Å². The molecule has 0 atom stereocenters. The molecule has 1 heterocycles. The molecule has 1 rings (SSSR count). The third kappa shape index (κ3) is 14.6.